The summed E-state index contributed by atoms with van der Waals surface area (Å²) in [5, 5.41) is 4.89. The molecule has 0 radical (unpaired) electrons. The summed E-state index contributed by atoms with van der Waals surface area (Å²) in [5.41, 5.74) is 0. The van der Waals surface area contributed by atoms with Gasteiger partial charge in [0.2, 0.25) is 0 Å². The van der Waals surface area contributed by atoms with Gasteiger partial charge in [0.25, 0.3) is 0 Å². The molecular formula is C4H3PdS-. The van der Waals surface area contributed by atoms with Gasteiger partial charge in [-0.2, -0.15) is 11.4 Å². The van der Waals surface area contributed by atoms with Crippen molar-refractivity contribution in [1.29, 1.82) is 0 Å². The fraction of sp³-hybridized carbons (Fsp3) is 0. The smallest absolute Gasteiger partial charge is 0 e. The molecule has 0 spiro atoms. The zero-order valence-corrected chi connectivity index (χ0v) is 5.33. The first-order valence-electron chi connectivity index (χ1n) is 1.40. The van der Waals surface area contributed by atoms with E-state index in [1.807, 2.05) is 17.5 Å². The Labute approximate surface area is 54.9 Å². The summed E-state index contributed by atoms with van der Waals surface area (Å²) in [6, 6.07) is 3.86. The maximum atomic E-state index is 2.90. The fourth-order valence-electron chi connectivity index (χ4n) is 0.196. The molecule has 0 nitrogen and oxygen atoms in total. The van der Waals surface area contributed by atoms with E-state index in [1.54, 1.807) is 11.3 Å². The van der Waals surface area contributed by atoms with Gasteiger partial charge in [-0.3, -0.25) is 0 Å². The van der Waals surface area contributed by atoms with Crippen LogP contribution in [0.5, 0.6) is 0 Å². The topological polar surface area (TPSA) is 0 Å². The molecule has 0 saturated heterocycles. The normalized spacial score (nSPS) is 6.67. The Morgan fingerprint density at radius 1 is 1.50 bits per heavy atom. The van der Waals surface area contributed by atoms with Crippen molar-refractivity contribution in [3.63, 3.8) is 0 Å². The minimum absolute atomic E-state index is 0. The van der Waals surface area contributed by atoms with Crippen LogP contribution in [0.15, 0.2) is 17.5 Å². The van der Waals surface area contributed by atoms with Gasteiger partial charge in [0.05, 0.1) is 0 Å². The van der Waals surface area contributed by atoms with Crippen LogP contribution in [0.4, 0.5) is 0 Å². The third-order valence-electron chi connectivity index (χ3n) is 0.379. The molecule has 0 aliphatic heterocycles. The quantitative estimate of drug-likeness (QED) is 0.429. The van der Waals surface area contributed by atoms with E-state index in [9.17, 15) is 0 Å². The van der Waals surface area contributed by atoms with Crippen LogP contribution in [0.3, 0.4) is 0 Å². The molecule has 1 heterocycles. The van der Waals surface area contributed by atoms with Crippen LogP contribution in [0, 0.1) is 5.38 Å². The molecule has 36 valence electrons. The van der Waals surface area contributed by atoms with Gasteiger partial charge in [0.15, 0.2) is 0 Å². The fourth-order valence-corrected chi connectivity index (χ4v) is 0.589. The van der Waals surface area contributed by atoms with E-state index >= 15 is 0 Å². The summed E-state index contributed by atoms with van der Waals surface area (Å²) in [6.45, 7) is 0. The molecular weight excluding hydrogens is 187 g/mol. The minimum atomic E-state index is 0. The molecule has 0 aliphatic carbocycles. The second-order valence-corrected chi connectivity index (χ2v) is 1.47. The summed E-state index contributed by atoms with van der Waals surface area (Å²) in [5.74, 6) is 0. The first-order chi connectivity index (χ1) is 2.50. The predicted molar refractivity (Wildman–Crippen MR) is 23.2 cm³/mol. The van der Waals surface area contributed by atoms with Crippen LogP contribution in [0.25, 0.3) is 0 Å². The zero-order valence-electron chi connectivity index (χ0n) is 2.96. The van der Waals surface area contributed by atoms with Gasteiger partial charge in [0, 0.05) is 20.4 Å². The minimum Gasteiger partial charge on any atom is -0.304 e. The van der Waals surface area contributed by atoms with Crippen molar-refractivity contribution >= 4 is 11.3 Å². The van der Waals surface area contributed by atoms with Gasteiger partial charge in [-0.25, -0.2) is 6.07 Å². The molecule has 0 bridgehead atoms. The van der Waals surface area contributed by atoms with Crippen molar-refractivity contribution in [3.8, 4) is 0 Å². The Balaban J connectivity index is 0.000000250. The standard InChI is InChI=1S/C4H3S.Pd/c1-2-4-5-3-1;/h1-3H;/q-1;. The van der Waals surface area contributed by atoms with Crippen LogP contribution in [0.1, 0.15) is 0 Å². The van der Waals surface area contributed by atoms with Gasteiger partial charge in [-0.15, -0.1) is 5.38 Å². The van der Waals surface area contributed by atoms with E-state index in [0.29, 0.717) is 0 Å². The van der Waals surface area contributed by atoms with Crippen molar-refractivity contribution in [2.45, 2.75) is 0 Å². The summed E-state index contributed by atoms with van der Waals surface area (Å²) in [7, 11) is 0. The molecule has 6 heavy (non-hydrogen) atoms. The molecule has 0 saturated carbocycles. The van der Waals surface area contributed by atoms with Crippen LogP contribution >= 0.6 is 11.3 Å². The van der Waals surface area contributed by atoms with Crippen molar-refractivity contribution in [2.75, 3.05) is 0 Å². The molecule has 0 aliphatic rings. The molecule has 1 rings (SSSR count). The third-order valence-corrected chi connectivity index (χ3v) is 0.944. The van der Waals surface area contributed by atoms with E-state index in [4.69, 9.17) is 0 Å². The Morgan fingerprint density at radius 2 is 2.33 bits per heavy atom. The molecule has 1 aromatic rings. The maximum Gasteiger partial charge on any atom is 0 e. The van der Waals surface area contributed by atoms with Crippen molar-refractivity contribution in [2.24, 2.45) is 0 Å². The van der Waals surface area contributed by atoms with Gasteiger partial charge < -0.3 is 11.3 Å². The van der Waals surface area contributed by atoms with Crippen molar-refractivity contribution in [1.82, 2.24) is 0 Å². The predicted octanol–water partition coefficient (Wildman–Crippen LogP) is 1.55. The monoisotopic (exact) mass is 189 g/mol. The molecule has 0 unspecified atom stereocenters. The Hall–Kier alpha value is 0.362. The molecule has 0 atom stereocenters. The SMILES string of the molecule is [Pd].[c-]1cccs1. The Morgan fingerprint density at radius 3 is 2.50 bits per heavy atom. The van der Waals surface area contributed by atoms with Gasteiger partial charge in [-0.05, 0) is 0 Å². The first-order valence-corrected chi connectivity index (χ1v) is 2.27. The van der Waals surface area contributed by atoms with Crippen molar-refractivity contribution in [3.05, 3.63) is 22.9 Å². The Kier molecular flexibility index (Phi) is 3.76. The van der Waals surface area contributed by atoms with Crippen LogP contribution in [0.2, 0.25) is 0 Å². The van der Waals surface area contributed by atoms with Gasteiger partial charge in [-0.1, -0.05) is 0 Å². The summed E-state index contributed by atoms with van der Waals surface area (Å²) in [6.07, 6.45) is 0. The van der Waals surface area contributed by atoms with Crippen LogP contribution in [-0.4, -0.2) is 0 Å². The van der Waals surface area contributed by atoms with E-state index < -0.39 is 0 Å². The maximum absolute atomic E-state index is 2.90. The molecule has 1 aromatic heterocycles. The second kappa shape index (κ2) is 3.55. The number of thiophene rings is 1. The second-order valence-electron chi connectivity index (χ2n) is 0.731. The zero-order chi connectivity index (χ0) is 3.54. The summed E-state index contributed by atoms with van der Waals surface area (Å²) >= 11 is 1.59. The van der Waals surface area contributed by atoms with Crippen LogP contribution < -0.4 is 0 Å². The third kappa shape index (κ3) is 1.72. The molecule has 0 fully saturated rings. The van der Waals surface area contributed by atoms with E-state index in [2.05, 4.69) is 5.38 Å². The summed E-state index contributed by atoms with van der Waals surface area (Å²) < 4.78 is 0. The van der Waals surface area contributed by atoms with Crippen molar-refractivity contribution < 1.29 is 20.4 Å². The average Bonchev–Trinajstić information content (AvgIpc) is 1.76. The molecule has 0 amide bonds. The van der Waals surface area contributed by atoms with E-state index in [-0.39, 0.29) is 20.4 Å². The summed E-state index contributed by atoms with van der Waals surface area (Å²) in [4.78, 5) is 0. The average molecular weight is 190 g/mol. The van der Waals surface area contributed by atoms with Gasteiger partial charge in [0.1, 0.15) is 0 Å². The Bertz CT molecular complexity index is 64.0. The van der Waals surface area contributed by atoms with Crippen LogP contribution in [-0.2, 0) is 20.4 Å². The molecule has 0 aromatic carbocycles. The number of hydrogen-bond acceptors (Lipinski definition) is 1. The first kappa shape index (κ1) is 6.36. The van der Waals surface area contributed by atoms with Gasteiger partial charge >= 0.3 is 0 Å². The van der Waals surface area contributed by atoms with E-state index in [0.717, 1.165) is 0 Å². The molecule has 0 N–H and O–H groups in total. The largest absolute Gasteiger partial charge is 0.304 e. The number of rotatable bonds is 0. The molecule has 2 heteroatoms. The number of hydrogen-bond donors (Lipinski definition) is 0. The van der Waals surface area contributed by atoms with E-state index in [1.165, 1.54) is 0 Å².